The molecule has 0 saturated heterocycles. The SMILES string of the molecule is CNC(=O)c1cc(Nc2ccc(NC(=O)Nc3ccc(Cl)c(C(F)(F)F)c3)c(F)c2)ccn1.O. The summed E-state index contributed by atoms with van der Waals surface area (Å²) in [6, 6.07) is 8.77. The molecule has 2 aromatic carbocycles. The summed E-state index contributed by atoms with van der Waals surface area (Å²) in [5, 5.41) is 9.25. The molecule has 180 valence electrons. The molecule has 3 aromatic rings. The average Bonchev–Trinajstić information content (AvgIpc) is 2.76. The molecule has 0 atom stereocenters. The zero-order valence-electron chi connectivity index (χ0n) is 17.3. The Morgan fingerprint density at radius 3 is 2.26 bits per heavy atom. The van der Waals surface area contributed by atoms with E-state index >= 15 is 0 Å². The Morgan fingerprint density at radius 1 is 0.941 bits per heavy atom. The topological polar surface area (TPSA) is 127 Å². The van der Waals surface area contributed by atoms with Crippen LogP contribution in [0.4, 0.5) is 45.1 Å². The van der Waals surface area contributed by atoms with Gasteiger partial charge in [-0.15, -0.1) is 0 Å². The molecule has 0 bridgehead atoms. The number of carbonyl (C=O) groups excluding carboxylic acids is 2. The maximum Gasteiger partial charge on any atom is 0.417 e. The van der Waals surface area contributed by atoms with Crippen LogP contribution in [0.15, 0.2) is 54.7 Å². The molecule has 0 unspecified atom stereocenters. The van der Waals surface area contributed by atoms with Crippen molar-refractivity contribution >= 4 is 46.3 Å². The molecule has 13 heteroatoms. The molecule has 0 fully saturated rings. The number of alkyl halides is 3. The van der Waals surface area contributed by atoms with Crippen molar-refractivity contribution in [3.8, 4) is 0 Å². The van der Waals surface area contributed by atoms with Gasteiger partial charge in [-0.25, -0.2) is 9.18 Å². The van der Waals surface area contributed by atoms with Gasteiger partial charge < -0.3 is 26.7 Å². The summed E-state index contributed by atoms with van der Waals surface area (Å²) in [6.45, 7) is 0. The van der Waals surface area contributed by atoms with Gasteiger partial charge in [-0.1, -0.05) is 11.6 Å². The second kappa shape index (κ2) is 10.8. The van der Waals surface area contributed by atoms with E-state index in [0.717, 1.165) is 12.1 Å². The van der Waals surface area contributed by atoms with Crippen LogP contribution < -0.4 is 21.3 Å². The maximum atomic E-state index is 14.5. The Morgan fingerprint density at radius 2 is 1.62 bits per heavy atom. The Balaban J connectivity index is 0.00000408. The van der Waals surface area contributed by atoms with Crippen LogP contribution >= 0.6 is 11.6 Å². The third kappa shape index (κ3) is 6.56. The van der Waals surface area contributed by atoms with Gasteiger partial charge in [0.05, 0.1) is 16.3 Å². The smallest absolute Gasteiger partial charge is 0.412 e. The molecule has 0 saturated carbocycles. The molecule has 0 aliphatic carbocycles. The van der Waals surface area contributed by atoms with Crippen molar-refractivity contribution in [3.05, 3.63) is 76.8 Å². The van der Waals surface area contributed by atoms with E-state index in [1.54, 1.807) is 6.07 Å². The molecule has 6 N–H and O–H groups in total. The summed E-state index contributed by atoms with van der Waals surface area (Å²) in [7, 11) is 1.46. The van der Waals surface area contributed by atoms with E-state index < -0.39 is 34.5 Å². The van der Waals surface area contributed by atoms with Gasteiger partial charge in [-0.05, 0) is 48.5 Å². The normalized spacial score (nSPS) is 10.6. The van der Waals surface area contributed by atoms with Crippen LogP contribution in [-0.4, -0.2) is 29.4 Å². The van der Waals surface area contributed by atoms with E-state index in [1.807, 2.05) is 0 Å². The molecular weight excluding hydrogens is 482 g/mol. The number of amides is 3. The van der Waals surface area contributed by atoms with Crippen molar-refractivity contribution in [1.82, 2.24) is 10.3 Å². The molecule has 34 heavy (non-hydrogen) atoms. The van der Waals surface area contributed by atoms with E-state index in [4.69, 9.17) is 11.6 Å². The minimum Gasteiger partial charge on any atom is -0.412 e. The van der Waals surface area contributed by atoms with E-state index in [-0.39, 0.29) is 22.5 Å². The number of nitrogens with one attached hydrogen (secondary N) is 4. The minimum atomic E-state index is -4.70. The predicted molar refractivity (Wildman–Crippen MR) is 120 cm³/mol. The molecule has 0 spiro atoms. The van der Waals surface area contributed by atoms with Crippen molar-refractivity contribution in [3.63, 3.8) is 0 Å². The van der Waals surface area contributed by atoms with Gasteiger partial charge >= 0.3 is 12.2 Å². The first-order chi connectivity index (χ1) is 15.6. The summed E-state index contributed by atoms with van der Waals surface area (Å²) in [4.78, 5) is 27.7. The number of halogens is 5. The van der Waals surface area contributed by atoms with Crippen LogP contribution in [0, 0.1) is 5.82 Å². The van der Waals surface area contributed by atoms with Crippen LogP contribution in [0.25, 0.3) is 0 Å². The average molecular weight is 500 g/mol. The molecule has 0 aliphatic rings. The Hall–Kier alpha value is -3.90. The Bertz CT molecular complexity index is 1210. The quantitative estimate of drug-likeness (QED) is 0.375. The predicted octanol–water partition coefficient (Wildman–Crippen LogP) is 4.82. The van der Waals surface area contributed by atoms with Crippen molar-refractivity contribution in [2.45, 2.75) is 6.18 Å². The Kier molecular flexibility index (Phi) is 8.38. The van der Waals surface area contributed by atoms with Crippen LogP contribution in [-0.2, 0) is 6.18 Å². The molecule has 8 nitrogen and oxygen atoms in total. The fraction of sp³-hybridized carbons (Fsp3) is 0.0952. The zero-order valence-corrected chi connectivity index (χ0v) is 18.1. The number of urea groups is 1. The van der Waals surface area contributed by atoms with Gasteiger partial charge in [0.2, 0.25) is 0 Å². The first kappa shape index (κ1) is 26.4. The lowest BCUT2D eigenvalue weighted by molar-refractivity contribution is -0.137. The van der Waals surface area contributed by atoms with E-state index in [1.165, 1.54) is 37.5 Å². The third-order valence-corrected chi connectivity index (χ3v) is 4.58. The van der Waals surface area contributed by atoms with E-state index in [9.17, 15) is 27.2 Å². The first-order valence-electron chi connectivity index (χ1n) is 9.26. The highest BCUT2D eigenvalue weighted by atomic mass is 35.5. The van der Waals surface area contributed by atoms with Gasteiger partial charge in [0.25, 0.3) is 5.91 Å². The van der Waals surface area contributed by atoms with Crippen molar-refractivity contribution < 1.29 is 32.6 Å². The molecule has 0 radical (unpaired) electrons. The lowest BCUT2D eigenvalue weighted by atomic mass is 10.2. The standard InChI is InChI=1S/C21H16ClF4N5O2.H2O/c1-27-19(32)18-10-13(6-7-28-18)29-12-3-5-17(16(23)9-12)31-20(33)30-11-2-4-15(22)14(8-11)21(24,25)26;/h2-10H,1H3,(H,27,32)(H,28,29)(H2,30,31,33);1H2. The number of rotatable bonds is 5. The second-order valence-corrected chi connectivity index (χ2v) is 7.01. The van der Waals surface area contributed by atoms with Crippen LogP contribution in [0.5, 0.6) is 0 Å². The number of aromatic nitrogens is 1. The second-order valence-electron chi connectivity index (χ2n) is 6.60. The number of carbonyl (C=O) groups is 2. The molecule has 0 aliphatic heterocycles. The van der Waals surface area contributed by atoms with Crippen LogP contribution in [0.3, 0.4) is 0 Å². The fourth-order valence-corrected chi connectivity index (χ4v) is 2.95. The van der Waals surface area contributed by atoms with E-state index in [0.29, 0.717) is 17.4 Å². The van der Waals surface area contributed by atoms with Crippen molar-refractivity contribution in [2.24, 2.45) is 0 Å². The fourth-order valence-electron chi connectivity index (χ4n) is 2.73. The number of anilines is 4. The summed E-state index contributed by atoms with van der Waals surface area (Å²) < 4.78 is 53.3. The van der Waals surface area contributed by atoms with Crippen LogP contribution in [0.1, 0.15) is 16.1 Å². The summed E-state index contributed by atoms with van der Waals surface area (Å²) in [6.07, 6.45) is -3.29. The van der Waals surface area contributed by atoms with Gasteiger partial charge in [0, 0.05) is 30.3 Å². The summed E-state index contributed by atoms with van der Waals surface area (Å²) in [5.41, 5.74) is -0.533. The molecule has 3 rings (SSSR count). The maximum absolute atomic E-state index is 14.5. The first-order valence-corrected chi connectivity index (χ1v) is 9.64. The molecular formula is C21H18ClF4N5O3. The van der Waals surface area contributed by atoms with E-state index in [2.05, 4.69) is 26.3 Å². The third-order valence-electron chi connectivity index (χ3n) is 4.26. The van der Waals surface area contributed by atoms with Gasteiger partial charge in [0.15, 0.2) is 0 Å². The van der Waals surface area contributed by atoms with Gasteiger partial charge in [-0.2, -0.15) is 13.2 Å². The largest absolute Gasteiger partial charge is 0.417 e. The number of benzene rings is 2. The van der Waals surface area contributed by atoms with Crippen LogP contribution in [0.2, 0.25) is 5.02 Å². The molecule has 3 amide bonds. The highest BCUT2D eigenvalue weighted by Crippen LogP contribution is 2.36. The number of hydrogen-bond donors (Lipinski definition) is 4. The lowest BCUT2D eigenvalue weighted by Crippen LogP contribution is -2.20. The number of pyridine rings is 1. The monoisotopic (exact) mass is 499 g/mol. The zero-order chi connectivity index (χ0) is 24.2. The molecule has 1 aromatic heterocycles. The highest BCUT2D eigenvalue weighted by molar-refractivity contribution is 6.31. The highest BCUT2D eigenvalue weighted by Gasteiger charge is 2.33. The molecule has 1 heterocycles. The Labute approximate surface area is 195 Å². The van der Waals surface area contributed by atoms with Gasteiger partial charge in [0.1, 0.15) is 11.5 Å². The van der Waals surface area contributed by atoms with Gasteiger partial charge in [-0.3, -0.25) is 9.78 Å². The van der Waals surface area contributed by atoms with Crippen molar-refractivity contribution in [2.75, 3.05) is 23.0 Å². The number of nitrogens with zero attached hydrogens (tertiary/aromatic N) is 1. The summed E-state index contributed by atoms with van der Waals surface area (Å²) >= 11 is 5.55. The minimum absolute atomic E-state index is 0. The van der Waals surface area contributed by atoms with Crippen molar-refractivity contribution in [1.29, 1.82) is 0 Å². The lowest BCUT2D eigenvalue weighted by Gasteiger charge is -2.13. The summed E-state index contributed by atoms with van der Waals surface area (Å²) in [5.74, 6) is -1.19. The number of hydrogen-bond acceptors (Lipinski definition) is 4.